The van der Waals surface area contributed by atoms with Gasteiger partial charge >= 0.3 is 5.97 Å². The number of amides is 1. The number of amidine groups is 1. The molecule has 1 aliphatic heterocycles. The molecule has 1 saturated heterocycles. The third-order valence-corrected chi connectivity index (χ3v) is 5.08. The highest BCUT2D eigenvalue weighted by molar-refractivity contribution is 8.18. The molecule has 0 spiro atoms. The molecule has 24 heavy (non-hydrogen) atoms. The van der Waals surface area contributed by atoms with Crippen LogP contribution in [0.2, 0.25) is 0 Å². The van der Waals surface area contributed by atoms with Gasteiger partial charge in [0, 0.05) is 11.0 Å². The average Bonchev–Trinajstić information content (AvgIpc) is 3.20. The monoisotopic (exact) mass is 358 g/mol. The molecule has 0 radical (unpaired) electrons. The van der Waals surface area contributed by atoms with Crippen LogP contribution in [0.1, 0.15) is 4.88 Å². The first-order chi connectivity index (χ1) is 11.7. The first-order valence-electron chi connectivity index (χ1n) is 7.13. The summed E-state index contributed by atoms with van der Waals surface area (Å²) in [6.45, 7) is 0.424. The van der Waals surface area contributed by atoms with Crippen LogP contribution in [-0.2, 0) is 20.9 Å². The number of esters is 1. The number of ether oxygens (including phenoxy) is 1. The normalized spacial score (nSPS) is 17.7. The molecule has 0 aliphatic carbocycles. The molecule has 7 heteroatoms. The SMILES string of the molecule is COC(=O)/C=C1/SC(=Nc2ccccc2)N(Cc2cccs2)C1=O. The van der Waals surface area contributed by atoms with Crippen molar-refractivity contribution in [1.29, 1.82) is 0 Å². The molecule has 1 amide bonds. The van der Waals surface area contributed by atoms with Gasteiger partial charge in [-0.15, -0.1) is 11.3 Å². The molecular weight excluding hydrogens is 344 g/mol. The van der Waals surface area contributed by atoms with Crippen LogP contribution in [0.4, 0.5) is 5.69 Å². The minimum atomic E-state index is -0.553. The van der Waals surface area contributed by atoms with Gasteiger partial charge in [-0.1, -0.05) is 24.3 Å². The number of benzene rings is 1. The van der Waals surface area contributed by atoms with Crippen molar-refractivity contribution in [3.8, 4) is 0 Å². The van der Waals surface area contributed by atoms with Crippen molar-refractivity contribution >= 4 is 45.8 Å². The van der Waals surface area contributed by atoms with Gasteiger partial charge in [0.1, 0.15) is 0 Å². The molecule has 3 rings (SSSR count). The van der Waals surface area contributed by atoms with Crippen molar-refractivity contribution in [1.82, 2.24) is 4.90 Å². The maximum atomic E-state index is 12.6. The van der Waals surface area contributed by atoms with Gasteiger partial charge in [0.25, 0.3) is 5.91 Å². The van der Waals surface area contributed by atoms with Crippen molar-refractivity contribution in [3.05, 3.63) is 63.7 Å². The Balaban J connectivity index is 1.94. The lowest BCUT2D eigenvalue weighted by Gasteiger charge is -2.14. The third-order valence-electron chi connectivity index (χ3n) is 3.21. The fourth-order valence-electron chi connectivity index (χ4n) is 2.07. The fourth-order valence-corrected chi connectivity index (χ4v) is 3.72. The van der Waals surface area contributed by atoms with Crippen molar-refractivity contribution in [2.45, 2.75) is 6.54 Å². The first-order valence-corrected chi connectivity index (χ1v) is 8.82. The number of nitrogens with zero attached hydrogens (tertiary/aromatic N) is 2. The summed E-state index contributed by atoms with van der Waals surface area (Å²) in [6, 6.07) is 13.3. The summed E-state index contributed by atoms with van der Waals surface area (Å²) in [5.74, 6) is -0.795. The van der Waals surface area contributed by atoms with Gasteiger partial charge < -0.3 is 4.74 Å². The molecule has 0 N–H and O–H groups in total. The quantitative estimate of drug-likeness (QED) is 0.619. The highest BCUT2D eigenvalue weighted by atomic mass is 32.2. The van der Waals surface area contributed by atoms with Crippen LogP contribution in [0, 0.1) is 0 Å². The lowest BCUT2D eigenvalue weighted by Crippen LogP contribution is -2.28. The lowest BCUT2D eigenvalue weighted by molar-refractivity contribution is -0.135. The second-order valence-corrected chi connectivity index (χ2v) is 6.88. The highest BCUT2D eigenvalue weighted by Crippen LogP contribution is 2.34. The van der Waals surface area contributed by atoms with Crippen LogP contribution in [-0.4, -0.2) is 29.1 Å². The Morgan fingerprint density at radius 3 is 2.71 bits per heavy atom. The molecule has 1 fully saturated rings. The zero-order valence-electron chi connectivity index (χ0n) is 12.8. The number of thiophene rings is 1. The van der Waals surface area contributed by atoms with E-state index in [9.17, 15) is 9.59 Å². The van der Waals surface area contributed by atoms with Crippen molar-refractivity contribution in [2.24, 2.45) is 4.99 Å². The predicted octanol–water partition coefficient (Wildman–Crippen LogP) is 3.57. The van der Waals surface area contributed by atoms with Crippen molar-refractivity contribution in [2.75, 3.05) is 7.11 Å². The van der Waals surface area contributed by atoms with Gasteiger partial charge in [0.05, 0.1) is 24.2 Å². The zero-order chi connectivity index (χ0) is 16.9. The van der Waals surface area contributed by atoms with Crippen LogP contribution < -0.4 is 0 Å². The maximum absolute atomic E-state index is 12.6. The predicted molar refractivity (Wildman–Crippen MR) is 96.1 cm³/mol. The van der Waals surface area contributed by atoms with E-state index < -0.39 is 5.97 Å². The van der Waals surface area contributed by atoms with Gasteiger partial charge in [-0.25, -0.2) is 9.79 Å². The summed E-state index contributed by atoms with van der Waals surface area (Å²) in [5, 5.41) is 2.51. The Morgan fingerprint density at radius 2 is 2.04 bits per heavy atom. The molecule has 122 valence electrons. The molecule has 2 aromatic rings. The maximum Gasteiger partial charge on any atom is 0.331 e. The van der Waals surface area contributed by atoms with E-state index in [2.05, 4.69) is 9.73 Å². The molecule has 1 aromatic carbocycles. The molecular formula is C17H14N2O3S2. The number of para-hydroxylation sites is 1. The van der Waals surface area contributed by atoms with Crippen LogP contribution in [0.5, 0.6) is 0 Å². The Morgan fingerprint density at radius 1 is 1.25 bits per heavy atom. The lowest BCUT2D eigenvalue weighted by atomic mass is 10.3. The van der Waals surface area contributed by atoms with Gasteiger partial charge in [-0.3, -0.25) is 9.69 Å². The van der Waals surface area contributed by atoms with Gasteiger partial charge in [-0.2, -0.15) is 0 Å². The van der Waals surface area contributed by atoms with Crippen LogP contribution in [0.3, 0.4) is 0 Å². The summed E-state index contributed by atoms with van der Waals surface area (Å²) in [5.41, 5.74) is 0.753. The molecule has 0 saturated carbocycles. The average molecular weight is 358 g/mol. The number of aliphatic imine (C=N–C) groups is 1. The highest BCUT2D eigenvalue weighted by Gasteiger charge is 2.34. The minimum absolute atomic E-state index is 0.242. The van der Waals surface area contributed by atoms with E-state index in [0.717, 1.165) is 10.6 Å². The van der Waals surface area contributed by atoms with E-state index in [0.29, 0.717) is 16.6 Å². The van der Waals surface area contributed by atoms with E-state index in [1.807, 2.05) is 47.8 Å². The van der Waals surface area contributed by atoms with E-state index >= 15 is 0 Å². The number of carbonyl (C=O) groups is 2. The summed E-state index contributed by atoms with van der Waals surface area (Å²) in [4.78, 5) is 31.6. The minimum Gasteiger partial charge on any atom is -0.466 e. The van der Waals surface area contributed by atoms with Gasteiger partial charge in [-0.05, 0) is 35.3 Å². The second-order valence-electron chi connectivity index (χ2n) is 4.83. The Bertz CT molecular complexity index is 799. The molecule has 0 bridgehead atoms. The molecule has 1 aliphatic rings. The van der Waals surface area contributed by atoms with E-state index in [1.165, 1.54) is 24.9 Å². The number of methoxy groups -OCH3 is 1. The number of thioether (sulfide) groups is 1. The smallest absolute Gasteiger partial charge is 0.331 e. The standard InChI is InChI=1S/C17H14N2O3S2/c1-22-15(20)10-14-16(21)19(11-13-8-5-9-23-13)17(24-14)18-12-6-3-2-4-7-12/h2-10H,11H2,1H3/b14-10+,18-17?. The molecule has 2 heterocycles. The molecule has 1 aromatic heterocycles. The van der Waals surface area contributed by atoms with Gasteiger partial charge in [0.2, 0.25) is 0 Å². The third kappa shape index (κ3) is 3.74. The van der Waals surface area contributed by atoms with Crippen LogP contribution >= 0.6 is 23.1 Å². The number of hydrogen-bond acceptors (Lipinski definition) is 6. The Hall–Kier alpha value is -2.38. The first kappa shape index (κ1) is 16.5. The topological polar surface area (TPSA) is 59.0 Å². The van der Waals surface area contributed by atoms with E-state index in [1.54, 1.807) is 16.2 Å². The van der Waals surface area contributed by atoms with E-state index in [-0.39, 0.29) is 5.91 Å². The van der Waals surface area contributed by atoms with Crippen LogP contribution in [0.15, 0.2) is 63.8 Å². The summed E-state index contributed by atoms with van der Waals surface area (Å²) in [6.07, 6.45) is 1.21. The summed E-state index contributed by atoms with van der Waals surface area (Å²) >= 11 is 2.75. The second kappa shape index (κ2) is 7.46. The summed E-state index contributed by atoms with van der Waals surface area (Å²) < 4.78 is 4.62. The zero-order valence-corrected chi connectivity index (χ0v) is 14.5. The summed E-state index contributed by atoms with van der Waals surface area (Å²) in [7, 11) is 1.28. The van der Waals surface area contributed by atoms with Crippen LogP contribution in [0.25, 0.3) is 0 Å². The largest absolute Gasteiger partial charge is 0.466 e. The molecule has 0 atom stereocenters. The van der Waals surface area contributed by atoms with Gasteiger partial charge in [0.15, 0.2) is 5.17 Å². The number of carbonyl (C=O) groups excluding carboxylic acids is 2. The number of rotatable bonds is 4. The Kier molecular flexibility index (Phi) is 5.12. The van der Waals surface area contributed by atoms with E-state index in [4.69, 9.17) is 0 Å². The Labute approximate surface area is 147 Å². The fraction of sp³-hybridized carbons (Fsp3) is 0.118. The molecule has 5 nitrogen and oxygen atoms in total. The van der Waals surface area contributed by atoms with Crippen molar-refractivity contribution < 1.29 is 14.3 Å². The van der Waals surface area contributed by atoms with Crippen molar-refractivity contribution in [3.63, 3.8) is 0 Å². The molecule has 0 unspecified atom stereocenters. The number of hydrogen-bond donors (Lipinski definition) is 0.